The molecule has 1 aliphatic heterocycles. The number of rotatable bonds is 6. The number of carbonyl (C=O) groups excluding carboxylic acids is 2. The average Bonchev–Trinajstić information content (AvgIpc) is 2.90. The van der Waals surface area contributed by atoms with E-state index in [4.69, 9.17) is 4.74 Å². The molecule has 0 unspecified atom stereocenters. The minimum atomic E-state index is -0.456. The Kier molecular flexibility index (Phi) is 6.33. The van der Waals surface area contributed by atoms with Crippen molar-refractivity contribution in [2.75, 3.05) is 6.54 Å². The first-order valence-electron chi connectivity index (χ1n) is 8.10. The van der Waals surface area contributed by atoms with Crippen LogP contribution < -0.4 is 10.1 Å². The molecule has 2 aromatic rings. The predicted molar refractivity (Wildman–Crippen MR) is 116 cm³/mol. The van der Waals surface area contributed by atoms with Crippen LogP contribution in [0, 0.1) is 3.57 Å². The van der Waals surface area contributed by atoms with Crippen molar-refractivity contribution in [3.63, 3.8) is 0 Å². The van der Waals surface area contributed by atoms with Gasteiger partial charge in [0.05, 0.1) is 0 Å². The number of benzene rings is 2. The maximum atomic E-state index is 12.4. The number of nitrogens with one attached hydrogen (secondary N) is 1. The number of hydrogen-bond donors (Lipinski definition) is 1. The molecule has 7 heteroatoms. The third-order valence-corrected chi connectivity index (χ3v) is 5.07. The SMILES string of the molecule is C=CCN1C(=O)N/C(=C/c2cc(Br)ccc2OCc2ccc(I)cc2)C1=O. The van der Waals surface area contributed by atoms with Gasteiger partial charge >= 0.3 is 6.03 Å². The number of halogens is 2. The zero-order chi connectivity index (χ0) is 19.4. The van der Waals surface area contributed by atoms with E-state index in [0.717, 1.165) is 18.5 Å². The van der Waals surface area contributed by atoms with Crippen LogP contribution in [0.5, 0.6) is 5.75 Å². The maximum absolute atomic E-state index is 12.4. The smallest absolute Gasteiger partial charge is 0.329 e. The van der Waals surface area contributed by atoms with E-state index in [9.17, 15) is 9.59 Å². The molecule has 0 saturated carbocycles. The van der Waals surface area contributed by atoms with Gasteiger partial charge in [-0.1, -0.05) is 34.1 Å². The van der Waals surface area contributed by atoms with Gasteiger partial charge in [-0.05, 0) is 64.6 Å². The number of hydrogen-bond acceptors (Lipinski definition) is 3. The summed E-state index contributed by atoms with van der Waals surface area (Å²) in [4.78, 5) is 25.4. The Balaban J connectivity index is 1.84. The summed E-state index contributed by atoms with van der Waals surface area (Å²) in [6.45, 7) is 4.13. The Hall–Kier alpha value is -2.13. The zero-order valence-corrected chi connectivity index (χ0v) is 18.0. The number of imide groups is 1. The Morgan fingerprint density at radius 2 is 1.93 bits per heavy atom. The molecule has 1 N–H and O–H groups in total. The molecule has 0 bridgehead atoms. The maximum Gasteiger partial charge on any atom is 0.329 e. The Morgan fingerprint density at radius 1 is 1.19 bits per heavy atom. The van der Waals surface area contributed by atoms with Gasteiger partial charge in [0.15, 0.2) is 0 Å². The minimum Gasteiger partial charge on any atom is -0.488 e. The Bertz CT molecular complexity index is 925. The highest BCUT2D eigenvalue weighted by atomic mass is 127. The molecule has 0 spiro atoms. The lowest BCUT2D eigenvalue weighted by Gasteiger charge is -2.11. The van der Waals surface area contributed by atoms with Crippen molar-refractivity contribution < 1.29 is 14.3 Å². The largest absolute Gasteiger partial charge is 0.488 e. The van der Waals surface area contributed by atoms with Crippen molar-refractivity contribution in [2.24, 2.45) is 0 Å². The van der Waals surface area contributed by atoms with Crippen LogP contribution in [0.1, 0.15) is 11.1 Å². The summed E-state index contributed by atoms with van der Waals surface area (Å²) >= 11 is 5.69. The van der Waals surface area contributed by atoms with Crippen LogP contribution in [0.2, 0.25) is 0 Å². The van der Waals surface area contributed by atoms with Crippen LogP contribution in [-0.2, 0) is 11.4 Å². The van der Waals surface area contributed by atoms with Crippen molar-refractivity contribution in [2.45, 2.75) is 6.61 Å². The quantitative estimate of drug-likeness (QED) is 0.251. The lowest BCUT2D eigenvalue weighted by molar-refractivity contribution is -0.122. The van der Waals surface area contributed by atoms with Crippen LogP contribution in [0.3, 0.4) is 0 Å². The van der Waals surface area contributed by atoms with E-state index < -0.39 is 6.03 Å². The molecule has 1 saturated heterocycles. The van der Waals surface area contributed by atoms with Crippen molar-refractivity contribution >= 4 is 56.5 Å². The lowest BCUT2D eigenvalue weighted by atomic mass is 10.1. The number of carbonyl (C=O) groups is 2. The molecule has 5 nitrogen and oxygen atoms in total. The molecule has 0 aromatic heterocycles. The summed E-state index contributed by atoms with van der Waals surface area (Å²) in [5, 5.41) is 2.59. The van der Waals surface area contributed by atoms with Crippen LogP contribution in [0.4, 0.5) is 4.79 Å². The van der Waals surface area contributed by atoms with Gasteiger partial charge in [0.25, 0.3) is 5.91 Å². The van der Waals surface area contributed by atoms with Gasteiger partial charge in [0.1, 0.15) is 18.1 Å². The van der Waals surface area contributed by atoms with E-state index in [2.05, 4.69) is 50.4 Å². The molecular formula is C20H16BrIN2O3. The van der Waals surface area contributed by atoms with Gasteiger partial charge in [-0.15, -0.1) is 6.58 Å². The first-order chi connectivity index (χ1) is 13.0. The number of amides is 3. The highest BCUT2D eigenvalue weighted by Gasteiger charge is 2.32. The molecule has 1 heterocycles. The topological polar surface area (TPSA) is 58.6 Å². The minimum absolute atomic E-state index is 0.163. The molecule has 1 fully saturated rings. The molecule has 138 valence electrons. The van der Waals surface area contributed by atoms with Crippen LogP contribution >= 0.6 is 38.5 Å². The normalized spacial score (nSPS) is 15.2. The third-order valence-electron chi connectivity index (χ3n) is 3.85. The van der Waals surface area contributed by atoms with Gasteiger partial charge in [0, 0.05) is 20.2 Å². The predicted octanol–water partition coefficient (Wildman–Crippen LogP) is 4.71. The van der Waals surface area contributed by atoms with Gasteiger partial charge in [0.2, 0.25) is 0 Å². The van der Waals surface area contributed by atoms with E-state index in [0.29, 0.717) is 17.9 Å². The standard InChI is InChI=1S/C20H16BrIN2O3/c1-2-9-24-19(25)17(23-20(24)26)11-14-10-15(21)5-8-18(14)27-12-13-3-6-16(22)7-4-13/h2-8,10-11H,1,9,12H2,(H,23,26)/b17-11+. The molecular weight excluding hydrogens is 523 g/mol. The van der Waals surface area contributed by atoms with Gasteiger partial charge in [-0.2, -0.15) is 0 Å². The molecule has 0 aliphatic carbocycles. The van der Waals surface area contributed by atoms with E-state index >= 15 is 0 Å². The Morgan fingerprint density at radius 3 is 2.63 bits per heavy atom. The molecule has 27 heavy (non-hydrogen) atoms. The van der Waals surface area contributed by atoms with Crippen LogP contribution in [0.25, 0.3) is 6.08 Å². The van der Waals surface area contributed by atoms with E-state index in [1.54, 1.807) is 6.08 Å². The molecule has 0 radical (unpaired) electrons. The van der Waals surface area contributed by atoms with Crippen LogP contribution in [-0.4, -0.2) is 23.4 Å². The van der Waals surface area contributed by atoms with Crippen LogP contribution in [0.15, 0.2) is 65.3 Å². The second-order valence-corrected chi connectivity index (χ2v) is 7.95. The fourth-order valence-electron chi connectivity index (χ4n) is 2.53. The van der Waals surface area contributed by atoms with Gasteiger partial charge in [-0.25, -0.2) is 4.79 Å². The van der Waals surface area contributed by atoms with Gasteiger partial charge in [-0.3, -0.25) is 9.69 Å². The lowest BCUT2D eigenvalue weighted by Crippen LogP contribution is -2.30. The third kappa shape index (κ3) is 4.78. The molecule has 0 atom stereocenters. The molecule has 1 aliphatic rings. The van der Waals surface area contributed by atoms with Crippen molar-refractivity contribution in [3.05, 3.63) is 80.0 Å². The zero-order valence-electron chi connectivity index (χ0n) is 14.2. The summed E-state index contributed by atoms with van der Waals surface area (Å²) < 4.78 is 7.94. The number of ether oxygens (including phenoxy) is 1. The Labute approximate surface area is 179 Å². The van der Waals surface area contributed by atoms with E-state index in [1.165, 1.54) is 6.08 Å². The first-order valence-corrected chi connectivity index (χ1v) is 9.97. The number of nitrogens with zero attached hydrogens (tertiary/aromatic N) is 1. The summed E-state index contributed by atoms with van der Waals surface area (Å²) in [5.74, 6) is 0.233. The molecule has 3 rings (SSSR count). The summed E-state index contributed by atoms with van der Waals surface area (Å²) in [6, 6.07) is 13.1. The van der Waals surface area contributed by atoms with E-state index in [1.807, 2.05) is 42.5 Å². The first kappa shape index (κ1) is 19.6. The van der Waals surface area contributed by atoms with Crippen molar-refractivity contribution in [1.82, 2.24) is 10.2 Å². The summed E-state index contributed by atoms with van der Waals surface area (Å²) in [5.41, 5.74) is 1.94. The second kappa shape index (κ2) is 8.71. The fraction of sp³-hybridized carbons (Fsp3) is 0.100. The highest BCUT2D eigenvalue weighted by Crippen LogP contribution is 2.27. The molecule has 3 amide bonds. The second-order valence-electron chi connectivity index (χ2n) is 5.79. The fourth-order valence-corrected chi connectivity index (χ4v) is 3.27. The van der Waals surface area contributed by atoms with Crippen molar-refractivity contribution in [1.29, 1.82) is 0 Å². The van der Waals surface area contributed by atoms with Gasteiger partial charge < -0.3 is 10.1 Å². The van der Waals surface area contributed by atoms with E-state index in [-0.39, 0.29) is 18.1 Å². The number of urea groups is 1. The highest BCUT2D eigenvalue weighted by molar-refractivity contribution is 14.1. The summed E-state index contributed by atoms with van der Waals surface area (Å²) in [6.07, 6.45) is 3.13. The summed E-state index contributed by atoms with van der Waals surface area (Å²) in [7, 11) is 0. The molecule has 2 aromatic carbocycles. The monoisotopic (exact) mass is 538 g/mol. The van der Waals surface area contributed by atoms with Crippen molar-refractivity contribution in [3.8, 4) is 5.75 Å². The average molecular weight is 539 g/mol.